The van der Waals surface area contributed by atoms with Gasteiger partial charge in [-0.1, -0.05) is 31.5 Å². The van der Waals surface area contributed by atoms with Gasteiger partial charge in [-0.15, -0.1) is 0 Å². The minimum atomic E-state index is 0.453. The molecule has 0 saturated carbocycles. The molecule has 2 aromatic rings. The number of guanidine groups is 1. The van der Waals surface area contributed by atoms with Crippen LogP contribution in [0.5, 0.6) is 5.75 Å². The van der Waals surface area contributed by atoms with Crippen molar-refractivity contribution in [1.82, 2.24) is 10.3 Å². The zero-order chi connectivity index (χ0) is 16.3. The molecule has 0 bridgehead atoms. The van der Waals surface area contributed by atoms with Crippen LogP contribution in [0.25, 0.3) is 0 Å². The molecule has 0 aliphatic rings. The van der Waals surface area contributed by atoms with Gasteiger partial charge in [-0.2, -0.15) is 0 Å². The predicted molar refractivity (Wildman–Crippen MR) is 93.2 cm³/mol. The molecule has 3 N–H and O–H groups in total. The van der Waals surface area contributed by atoms with Gasteiger partial charge in [-0.25, -0.2) is 4.99 Å². The first kappa shape index (κ1) is 16.8. The van der Waals surface area contributed by atoms with E-state index in [0.717, 1.165) is 36.4 Å². The summed E-state index contributed by atoms with van der Waals surface area (Å²) in [5.41, 5.74) is 7.80. The second-order valence-corrected chi connectivity index (χ2v) is 5.24. The number of aromatic nitrogens is 1. The quantitative estimate of drug-likeness (QED) is 0.446. The molecule has 0 radical (unpaired) electrons. The van der Waals surface area contributed by atoms with Crippen molar-refractivity contribution >= 4 is 5.96 Å². The summed E-state index contributed by atoms with van der Waals surface area (Å²) in [6.45, 7) is 3.99. The van der Waals surface area contributed by atoms with Crippen molar-refractivity contribution in [2.75, 3.05) is 6.54 Å². The zero-order valence-corrected chi connectivity index (χ0v) is 13.5. The molecule has 0 aliphatic heterocycles. The van der Waals surface area contributed by atoms with E-state index in [1.807, 2.05) is 42.5 Å². The number of nitrogens with zero attached hydrogens (tertiary/aromatic N) is 2. The zero-order valence-electron chi connectivity index (χ0n) is 13.5. The molecule has 0 amide bonds. The highest BCUT2D eigenvalue weighted by Gasteiger charge is 1.99. The van der Waals surface area contributed by atoms with E-state index in [-0.39, 0.29) is 0 Å². The van der Waals surface area contributed by atoms with E-state index in [1.165, 1.54) is 0 Å². The topological polar surface area (TPSA) is 72.5 Å². The number of hydrogen-bond acceptors (Lipinski definition) is 3. The molecule has 1 aromatic carbocycles. The molecule has 0 atom stereocenters. The third-order valence-electron chi connectivity index (χ3n) is 3.28. The average molecular weight is 312 g/mol. The van der Waals surface area contributed by atoms with Gasteiger partial charge < -0.3 is 15.8 Å². The summed E-state index contributed by atoms with van der Waals surface area (Å²) < 4.78 is 5.76. The molecular weight excluding hydrogens is 288 g/mol. The second-order valence-electron chi connectivity index (χ2n) is 5.24. The third kappa shape index (κ3) is 6.38. The van der Waals surface area contributed by atoms with Gasteiger partial charge in [0.25, 0.3) is 0 Å². The number of nitrogens with one attached hydrogen (secondary N) is 1. The molecule has 5 heteroatoms. The molecule has 1 aromatic heterocycles. The van der Waals surface area contributed by atoms with E-state index < -0.39 is 0 Å². The number of benzene rings is 1. The lowest BCUT2D eigenvalue weighted by molar-refractivity contribution is 0.301. The number of hydrogen-bond donors (Lipinski definition) is 2. The lowest BCUT2D eigenvalue weighted by atomic mass is 10.2. The highest BCUT2D eigenvalue weighted by molar-refractivity contribution is 5.77. The van der Waals surface area contributed by atoms with Gasteiger partial charge in [-0.3, -0.25) is 4.98 Å². The van der Waals surface area contributed by atoms with Crippen LogP contribution in [-0.4, -0.2) is 17.5 Å². The van der Waals surface area contributed by atoms with Gasteiger partial charge in [0.2, 0.25) is 0 Å². The summed E-state index contributed by atoms with van der Waals surface area (Å²) in [5.74, 6) is 1.29. The van der Waals surface area contributed by atoms with Crippen LogP contribution in [0.3, 0.4) is 0 Å². The molecule has 2 rings (SSSR count). The van der Waals surface area contributed by atoms with E-state index in [9.17, 15) is 0 Å². The Hall–Kier alpha value is -2.56. The lowest BCUT2D eigenvalue weighted by Crippen LogP contribution is -2.32. The van der Waals surface area contributed by atoms with Crippen LogP contribution in [0.2, 0.25) is 0 Å². The lowest BCUT2D eigenvalue weighted by Gasteiger charge is -2.07. The maximum absolute atomic E-state index is 5.83. The number of rotatable bonds is 8. The summed E-state index contributed by atoms with van der Waals surface area (Å²) in [4.78, 5) is 8.58. The molecular formula is C18H24N4O. The van der Waals surface area contributed by atoms with Gasteiger partial charge >= 0.3 is 0 Å². The average Bonchev–Trinajstić information content (AvgIpc) is 2.60. The van der Waals surface area contributed by atoms with Crippen molar-refractivity contribution in [3.8, 4) is 5.75 Å². The van der Waals surface area contributed by atoms with Crippen molar-refractivity contribution < 1.29 is 4.74 Å². The molecule has 0 unspecified atom stereocenters. The van der Waals surface area contributed by atoms with Crippen LogP contribution in [0.1, 0.15) is 31.0 Å². The van der Waals surface area contributed by atoms with E-state index in [4.69, 9.17) is 10.5 Å². The standard InChI is InChI=1S/C18H24N4O/c1-2-3-10-21-18(19)22-13-15-7-6-9-17(12-15)23-14-16-8-4-5-11-20-16/h4-9,11-12H,2-3,10,13-14H2,1H3,(H3,19,21,22). The first-order valence-corrected chi connectivity index (χ1v) is 7.93. The van der Waals surface area contributed by atoms with Crippen LogP contribution in [0, 0.1) is 0 Å². The smallest absolute Gasteiger partial charge is 0.188 e. The minimum Gasteiger partial charge on any atom is -0.487 e. The number of pyridine rings is 1. The summed E-state index contributed by atoms with van der Waals surface area (Å²) >= 11 is 0. The summed E-state index contributed by atoms with van der Waals surface area (Å²) in [6.07, 6.45) is 3.99. The van der Waals surface area contributed by atoms with Crippen molar-refractivity contribution in [3.05, 3.63) is 59.9 Å². The Bertz CT molecular complexity index is 613. The number of unbranched alkanes of at least 4 members (excludes halogenated alkanes) is 1. The fourth-order valence-corrected chi connectivity index (χ4v) is 2.00. The normalized spacial score (nSPS) is 11.3. The first-order valence-electron chi connectivity index (χ1n) is 7.93. The molecule has 122 valence electrons. The predicted octanol–water partition coefficient (Wildman–Crippen LogP) is 2.87. The van der Waals surface area contributed by atoms with E-state index >= 15 is 0 Å². The van der Waals surface area contributed by atoms with Gasteiger partial charge in [0.05, 0.1) is 12.2 Å². The van der Waals surface area contributed by atoms with Crippen molar-refractivity contribution in [2.24, 2.45) is 10.7 Å². The van der Waals surface area contributed by atoms with Crippen molar-refractivity contribution in [3.63, 3.8) is 0 Å². The van der Waals surface area contributed by atoms with Gasteiger partial charge in [0.1, 0.15) is 12.4 Å². The highest BCUT2D eigenvalue weighted by Crippen LogP contribution is 2.15. The fourth-order valence-electron chi connectivity index (χ4n) is 2.00. The Labute approximate surface area is 137 Å². The molecule has 5 nitrogen and oxygen atoms in total. The Morgan fingerprint density at radius 3 is 2.96 bits per heavy atom. The summed E-state index contributed by atoms with van der Waals surface area (Å²) in [7, 11) is 0. The minimum absolute atomic E-state index is 0.453. The maximum Gasteiger partial charge on any atom is 0.188 e. The summed E-state index contributed by atoms with van der Waals surface area (Å²) in [5, 5.41) is 3.10. The second kappa shape index (κ2) is 9.46. The molecule has 0 saturated heterocycles. The van der Waals surface area contributed by atoms with E-state index in [0.29, 0.717) is 19.1 Å². The van der Waals surface area contributed by atoms with Crippen LogP contribution in [0.15, 0.2) is 53.7 Å². The van der Waals surface area contributed by atoms with Gasteiger partial charge in [-0.05, 0) is 36.2 Å². The Kier molecular flexibility index (Phi) is 6.91. The van der Waals surface area contributed by atoms with Crippen LogP contribution in [0.4, 0.5) is 0 Å². The Balaban J connectivity index is 1.85. The SMILES string of the molecule is CCCCNC(N)=NCc1cccc(OCc2ccccn2)c1. The van der Waals surface area contributed by atoms with Crippen molar-refractivity contribution in [2.45, 2.75) is 32.9 Å². The Morgan fingerprint density at radius 2 is 2.17 bits per heavy atom. The monoisotopic (exact) mass is 312 g/mol. The fraction of sp³-hybridized carbons (Fsp3) is 0.333. The highest BCUT2D eigenvalue weighted by atomic mass is 16.5. The maximum atomic E-state index is 5.83. The van der Waals surface area contributed by atoms with E-state index in [1.54, 1.807) is 6.20 Å². The summed E-state index contributed by atoms with van der Waals surface area (Å²) in [6, 6.07) is 13.7. The van der Waals surface area contributed by atoms with Crippen LogP contribution in [-0.2, 0) is 13.2 Å². The van der Waals surface area contributed by atoms with Gasteiger partial charge in [0, 0.05) is 12.7 Å². The van der Waals surface area contributed by atoms with E-state index in [2.05, 4.69) is 22.2 Å². The Morgan fingerprint density at radius 1 is 1.26 bits per heavy atom. The van der Waals surface area contributed by atoms with Gasteiger partial charge in [0.15, 0.2) is 5.96 Å². The molecule has 0 fully saturated rings. The van der Waals surface area contributed by atoms with Crippen molar-refractivity contribution in [1.29, 1.82) is 0 Å². The third-order valence-corrected chi connectivity index (χ3v) is 3.28. The molecule has 0 aliphatic carbocycles. The number of nitrogens with two attached hydrogens (primary N) is 1. The largest absolute Gasteiger partial charge is 0.487 e. The molecule has 0 spiro atoms. The number of ether oxygens (including phenoxy) is 1. The molecule has 1 heterocycles. The van der Waals surface area contributed by atoms with Crippen LogP contribution >= 0.6 is 0 Å². The number of aliphatic imine (C=N–C) groups is 1. The van der Waals surface area contributed by atoms with Crippen LogP contribution < -0.4 is 15.8 Å². The molecule has 23 heavy (non-hydrogen) atoms. The first-order chi connectivity index (χ1) is 11.3.